The molecule has 0 bridgehead atoms. The van der Waals surface area contributed by atoms with Crippen LogP contribution < -0.4 is 5.32 Å². The first-order valence-corrected chi connectivity index (χ1v) is 5.75. The molecule has 1 unspecified atom stereocenters. The molecule has 0 saturated carbocycles. The molecule has 0 fully saturated rings. The molecule has 0 spiro atoms. The van der Waals surface area contributed by atoms with Crippen LogP contribution in [0.15, 0.2) is 30.5 Å². The number of H-pyrrole nitrogens is 1. The maximum Gasteiger partial charge on any atom is 0.366 e. The first-order valence-electron chi connectivity index (χ1n) is 5.75. The summed E-state index contributed by atoms with van der Waals surface area (Å²) in [4.78, 5) is 10.2. The van der Waals surface area contributed by atoms with Gasteiger partial charge in [0, 0.05) is 6.04 Å². The average molecular weight is 264 g/mol. The van der Waals surface area contributed by atoms with E-state index in [1.165, 1.54) is 18.3 Å². The van der Waals surface area contributed by atoms with E-state index < -0.39 is 4.92 Å². The molecule has 2 aromatic rings. The summed E-state index contributed by atoms with van der Waals surface area (Å²) in [5.74, 6) is -0.444. The van der Waals surface area contributed by atoms with Gasteiger partial charge < -0.3 is 15.4 Å². The van der Waals surface area contributed by atoms with Gasteiger partial charge in [-0.1, -0.05) is 17.2 Å². The molecular weight excluding hydrogens is 251 g/mol. The fourth-order valence-electron chi connectivity index (χ4n) is 1.81. The quantitative estimate of drug-likeness (QED) is 0.642. The first-order chi connectivity index (χ1) is 9.06. The van der Waals surface area contributed by atoms with Gasteiger partial charge in [0.2, 0.25) is 0 Å². The molecule has 0 amide bonds. The molecule has 0 aliphatic carbocycles. The summed E-state index contributed by atoms with van der Waals surface area (Å²) < 4.78 is 12.8. The van der Waals surface area contributed by atoms with Crippen molar-refractivity contribution in [2.45, 2.75) is 19.4 Å². The molecule has 0 aliphatic heterocycles. The number of nitrogens with one attached hydrogen (secondary N) is 2. The number of nitrogens with zero attached hydrogens (tertiary/aromatic N) is 2. The zero-order valence-corrected chi connectivity index (χ0v) is 10.3. The Labute approximate surface area is 108 Å². The summed E-state index contributed by atoms with van der Waals surface area (Å²) in [7, 11) is 0. The van der Waals surface area contributed by atoms with Crippen molar-refractivity contribution in [1.82, 2.24) is 10.2 Å². The normalized spacial score (nSPS) is 12.1. The average Bonchev–Trinajstić information content (AvgIpc) is 2.80. The number of rotatable bonds is 5. The van der Waals surface area contributed by atoms with Crippen LogP contribution in [0.1, 0.15) is 12.5 Å². The number of benzene rings is 1. The highest BCUT2D eigenvalue weighted by Crippen LogP contribution is 2.21. The summed E-state index contributed by atoms with van der Waals surface area (Å²) >= 11 is 0. The van der Waals surface area contributed by atoms with Crippen molar-refractivity contribution >= 4 is 11.5 Å². The Hall–Kier alpha value is -2.44. The van der Waals surface area contributed by atoms with Crippen LogP contribution in [0.25, 0.3) is 0 Å². The third-order valence-corrected chi connectivity index (χ3v) is 2.66. The molecule has 7 heteroatoms. The standard InChI is InChI=1S/C12H13FN4O2/c1-8(6-9-2-4-10(13)5-3-9)15-11-7-14-16-12(11)17(18)19/h2-5,7-8,15H,6H2,1H3,(H,14,16). The molecule has 100 valence electrons. The molecular formula is C12H13FN4O2. The van der Waals surface area contributed by atoms with Crippen LogP contribution in [0.3, 0.4) is 0 Å². The lowest BCUT2D eigenvalue weighted by Crippen LogP contribution is -2.18. The Kier molecular flexibility index (Phi) is 3.74. The second-order valence-corrected chi connectivity index (χ2v) is 4.27. The lowest BCUT2D eigenvalue weighted by Gasteiger charge is -2.13. The van der Waals surface area contributed by atoms with E-state index in [-0.39, 0.29) is 17.7 Å². The van der Waals surface area contributed by atoms with Crippen molar-refractivity contribution < 1.29 is 9.31 Å². The van der Waals surface area contributed by atoms with Gasteiger partial charge in [0.25, 0.3) is 0 Å². The van der Waals surface area contributed by atoms with Gasteiger partial charge in [0.15, 0.2) is 5.69 Å². The van der Waals surface area contributed by atoms with Crippen molar-refractivity contribution in [3.63, 3.8) is 0 Å². The minimum absolute atomic E-state index is 0.0400. The van der Waals surface area contributed by atoms with E-state index in [0.29, 0.717) is 12.1 Å². The van der Waals surface area contributed by atoms with Crippen molar-refractivity contribution in [2.24, 2.45) is 0 Å². The highest BCUT2D eigenvalue weighted by molar-refractivity contribution is 5.56. The summed E-state index contributed by atoms with van der Waals surface area (Å²) in [6.45, 7) is 1.89. The first kappa shape index (κ1) is 13.0. The topological polar surface area (TPSA) is 83.8 Å². The summed E-state index contributed by atoms with van der Waals surface area (Å²) in [6, 6.07) is 6.13. The third kappa shape index (κ3) is 3.27. The predicted octanol–water partition coefficient (Wildman–Crippen LogP) is 2.50. The van der Waals surface area contributed by atoms with Crippen LogP contribution in [-0.4, -0.2) is 21.2 Å². The number of hydrogen-bond acceptors (Lipinski definition) is 4. The van der Waals surface area contributed by atoms with Gasteiger partial charge in [0.1, 0.15) is 12.0 Å². The fraction of sp³-hybridized carbons (Fsp3) is 0.250. The van der Waals surface area contributed by atoms with E-state index in [9.17, 15) is 14.5 Å². The van der Waals surface area contributed by atoms with Gasteiger partial charge >= 0.3 is 5.82 Å². The van der Waals surface area contributed by atoms with Gasteiger partial charge in [-0.2, -0.15) is 0 Å². The molecule has 2 rings (SSSR count). The van der Waals surface area contributed by atoms with Crippen molar-refractivity contribution in [3.8, 4) is 0 Å². The third-order valence-electron chi connectivity index (χ3n) is 2.66. The molecule has 1 aromatic carbocycles. The van der Waals surface area contributed by atoms with Crippen molar-refractivity contribution in [1.29, 1.82) is 0 Å². The number of aromatic amines is 1. The van der Waals surface area contributed by atoms with E-state index in [0.717, 1.165) is 5.56 Å². The number of halogens is 1. The number of aromatic nitrogens is 2. The molecule has 1 heterocycles. The summed E-state index contributed by atoms with van der Waals surface area (Å²) in [5, 5.41) is 19.7. The number of anilines is 1. The Morgan fingerprint density at radius 3 is 2.79 bits per heavy atom. The van der Waals surface area contributed by atoms with Crippen molar-refractivity contribution in [3.05, 3.63) is 52.0 Å². The maximum atomic E-state index is 12.8. The minimum atomic E-state index is -0.528. The van der Waals surface area contributed by atoms with E-state index >= 15 is 0 Å². The maximum absolute atomic E-state index is 12.8. The Bertz CT molecular complexity index is 567. The molecule has 2 N–H and O–H groups in total. The smallest absolute Gasteiger partial charge is 0.366 e. The van der Waals surface area contributed by atoms with Gasteiger partial charge in [-0.25, -0.2) is 4.39 Å². The molecule has 6 nitrogen and oxygen atoms in total. The summed E-state index contributed by atoms with van der Waals surface area (Å²) in [5.41, 5.74) is 1.30. The zero-order chi connectivity index (χ0) is 13.8. The largest absolute Gasteiger partial charge is 0.374 e. The molecule has 0 aliphatic rings. The SMILES string of the molecule is CC(Cc1ccc(F)cc1)Nc1cn[nH]c1[N+](=O)[O-]. The molecule has 1 atom stereocenters. The second-order valence-electron chi connectivity index (χ2n) is 4.27. The highest BCUT2D eigenvalue weighted by Gasteiger charge is 2.16. The highest BCUT2D eigenvalue weighted by atomic mass is 19.1. The fourth-order valence-corrected chi connectivity index (χ4v) is 1.81. The number of hydrogen-bond donors (Lipinski definition) is 2. The van der Waals surface area contributed by atoms with Gasteiger partial charge in [-0.05, 0) is 36.0 Å². The second kappa shape index (κ2) is 5.47. The van der Waals surface area contributed by atoms with Crippen LogP contribution in [0.4, 0.5) is 15.9 Å². The molecule has 0 saturated heterocycles. The van der Waals surface area contributed by atoms with Crippen LogP contribution in [0.5, 0.6) is 0 Å². The van der Waals surface area contributed by atoms with E-state index in [1.807, 2.05) is 6.92 Å². The van der Waals surface area contributed by atoms with E-state index in [4.69, 9.17) is 0 Å². The zero-order valence-electron chi connectivity index (χ0n) is 10.3. The number of nitro groups is 1. The van der Waals surface area contributed by atoms with Crippen LogP contribution in [0, 0.1) is 15.9 Å². The van der Waals surface area contributed by atoms with Gasteiger partial charge in [0.05, 0.1) is 0 Å². The molecule has 19 heavy (non-hydrogen) atoms. The molecule has 1 aromatic heterocycles. The predicted molar refractivity (Wildman–Crippen MR) is 68.4 cm³/mol. The van der Waals surface area contributed by atoms with Gasteiger partial charge in [-0.15, -0.1) is 5.10 Å². The van der Waals surface area contributed by atoms with E-state index in [1.54, 1.807) is 12.1 Å². The molecule has 0 radical (unpaired) electrons. The Morgan fingerprint density at radius 1 is 1.47 bits per heavy atom. The van der Waals surface area contributed by atoms with E-state index in [2.05, 4.69) is 15.5 Å². The van der Waals surface area contributed by atoms with Gasteiger partial charge in [-0.3, -0.25) is 0 Å². The van der Waals surface area contributed by atoms with Crippen LogP contribution in [-0.2, 0) is 6.42 Å². The monoisotopic (exact) mass is 264 g/mol. The minimum Gasteiger partial charge on any atom is -0.374 e. The Morgan fingerprint density at radius 2 is 2.16 bits per heavy atom. The van der Waals surface area contributed by atoms with Crippen LogP contribution in [0.2, 0.25) is 0 Å². The van der Waals surface area contributed by atoms with Crippen LogP contribution >= 0.6 is 0 Å². The summed E-state index contributed by atoms with van der Waals surface area (Å²) in [6.07, 6.45) is 2.00. The lowest BCUT2D eigenvalue weighted by molar-refractivity contribution is -0.388. The lowest BCUT2D eigenvalue weighted by atomic mass is 10.1. The van der Waals surface area contributed by atoms with Crippen molar-refractivity contribution in [2.75, 3.05) is 5.32 Å². The Balaban J connectivity index is 2.01.